The van der Waals surface area contributed by atoms with Crippen LogP contribution in [0.5, 0.6) is 5.75 Å². The van der Waals surface area contributed by atoms with Crippen molar-refractivity contribution in [1.82, 2.24) is 0 Å². The van der Waals surface area contributed by atoms with Crippen LogP contribution in [0.2, 0.25) is 0 Å². The molecular weight excluding hydrogens is 254 g/mol. The summed E-state index contributed by atoms with van der Waals surface area (Å²) in [6, 6.07) is 12.5. The second-order valence-corrected chi connectivity index (χ2v) is 4.52. The highest BCUT2D eigenvalue weighted by Crippen LogP contribution is 2.22. The lowest BCUT2D eigenvalue weighted by Gasteiger charge is -2.09. The second-order valence-electron chi connectivity index (χ2n) is 4.52. The van der Waals surface area contributed by atoms with Gasteiger partial charge in [-0.2, -0.15) is 0 Å². The third kappa shape index (κ3) is 3.23. The molecule has 1 amide bonds. The lowest BCUT2D eigenvalue weighted by Crippen LogP contribution is -2.12. The molecule has 4 heteroatoms. The molecule has 0 aliphatic heterocycles. The van der Waals surface area contributed by atoms with Gasteiger partial charge in [-0.05, 0) is 37.6 Å². The van der Waals surface area contributed by atoms with Gasteiger partial charge in [0.1, 0.15) is 5.75 Å². The molecule has 0 spiro atoms. The van der Waals surface area contributed by atoms with E-state index in [-0.39, 0.29) is 5.91 Å². The van der Waals surface area contributed by atoms with Crippen molar-refractivity contribution >= 4 is 18.1 Å². The first-order valence-corrected chi connectivity index (χ1v) is 6.19. The lowest BCUT2D eigenvalue weighted by atomic mass is 10.1. The molecule has 0 unspecified atom stereocenters. The Morgan fingerprint density at radius 1 is 1.15 bits per heavy atom. The van der Waals surface area contributed by atoms with Crippen LogP contribution in [0.25, 0.3) is 0 Å². The maximum atomic E-state index is 12.1. The second kappa shape index (κ2) is 6.02. The number of hydrogen-bond acceptors (Lipinski definition) is 3. The topological polar surface area (TPSA) is 55.4 Å². The van der Waals surface area contributed by atoms with Crippen molar-refractivity contribution in [3.05, 3.63) is 59.2 Å². The minimum atomic E-state index is -0.199. The van der Waals surface area contributed by atoms with Crippen LogP contribution < -0.4 is 10.1 Å². The quantitative estimate of drug-likeness (QED) is 0.868. The average molecular weight is 269 g/mol. The van der Waals surface area contributed by atoms with Crippen molar-refractivity contribution in [3.8, 4) is 5.75 Å². The molecule has 2 rings (SSSR count). The minimum absolute atomic E-state index is 0.199. The molecule has 0 radical (unpaired) electrons. The van der Waals surface area contributed by atoms with Gasteiger partial charge in [-0.15, -0.1) is 0 Å². The Hall–Kier alpha value is -2.62. The molecule has 4 nitrogen and oxygen atoms in total. The van der Waals surface area contributed by atoms with Gasteiger partial charge in [0.25, 0.3) is 12.4 Å². The van der Waals surface area contributed by atoms with Gasteiger partial charge >= 0.3 is 0 Å². The van der Waals surface area contributed by atoms with Crippen LogP contribution in [-0.4, -0.2) is 12.4 Å². The lowest BCUT2D eigenvalue weighted by molar-refractivity contribution is -0.120. The van der Waals surface area contributed by atoms with E-state index in [0.717, 1.165) is 11.1 Å². The highest BCUT2D eigenvalue weighted by molar-refractivity contribution is 6.04. The monoisotopic (exact) mass is 269 g/mol. The van der Waals surface area contributed by atoms with Crippen molar-refractivity contribution in [2.75, 3.05) is 5.32 Å². The number of nitrogens with one attached hydrogen (secondary N) is 1. The molecule has 0 bridgehead atoms. The average Bonchev–Trinajstić information content (AvgIpc) is 2.43. The first-order chi connectivity index (χ1) is 9.60. The minimum Gasteiger partial charge on any atom is -0.428 e. The summed E-state index contributed by atoms with van der Waals surface area (Å²) >= 11 is 0. The van der Waals surface area contributed by atoms with Crippen LogP contribution in [0.4, 0.5) is 5.69 Å². The predicted molar refractivity (Wildman–Crippen MR) is 77.0 cm³/mol. The molecule has 0 atom stereocenters. The summed E-state index contributed by atoms with van der Waals surface area (Å²) in [5.41, 5.74) is 3.01. The molecule has 0 heterocycles. The van der Waals surface area contributed by atoms with E-state index >= 15 is 0 Å². The van der Waals surface area contributed by atoms with E-state index in [1.165, 1.54) is 0 Å². The number of hydrogen-bond donors (Lipinski definition) is 1. The van der Waals surface area contributed by atoms with Crippen LogP contribution in [0.15, 0.2) is 42.5 Å². The summed E-state index contributed by atoms with van der Waals surface area (Å²) < 4.78 is 4.85. The Bertz CT molecular complexity index is 650. The zero-order chi connectivity index (χ0) is 14.5. The molecule has 0 aromatic heterocycles. The largest absolute Gasteiger partial charge is 0.428 e. The molecular formula is C16H15NO3. The van der Waals surface area contributed by atoms with Gasteiger partial charge in [-0.25, -0.2) is 0 Å². The Kier molecular flexibility index (Phi) is 4.15. The number of carbonyl (C=O) groups is 2. The van der Waals surface area contributed by atoms with E-state index in [1.54, 1.807) is 24.3 Å². The fraction of sp³-hybridized carbons (Fsp3) is 0.125. The molecule has 0 aliphatic rings. The van der Waals surface area contributed by atoms with E-state index in [1.807, 2.05) is 32.0 Å². The van der Waals surface area contributed by atoms with Gasteiger partial charge in [0.15, 0.2) is 0 Å². The van der Waals surface area contributed by atoms with Crippen molar-refractivity contribution in [1.29, 1.82) is 0 Å². The number of ether oxygens (including phenoxy) is 1. The Balaban J connectivity index is 2.19. The summed E-state index contributed by atoms with van der Waals surface area (Å²) in [7, 11) is 0. The fourth-order valence-corrected chi connectivity index (χ4v) is 1.85. The van der Waals surface area contributed by atoms with Gasteiger partial charge in [0, 0.05) is 17.3 Å². The molecule has 0 fully saturated rings. The van der Waals surface area contributed by atoms with Crippen molar-refractivity contribution in [3.63, 3.8) is 0 Å². The number of amides is 1. The third-order valence-electron chi connectivity index (χ3n) is 2.90. The van der Waals surface area contributed by atoms with Crippen LogP contribution in [0, 0.1) is 13.8 Å². The van der Waals surface area contributed by atoms with E-state index in [9.17, 15) is 9.59 Å². The standard InChI is InChI=1S/C16H15NO3/c1-11-4-3-5-13(8-11)16(19)17-14-7-6-12(2)15(9-14)20-10-18/h3-10H,1-2H3,(H,17,19). The molecule has 2 aromatic carbocycles. The van der Waals surface area contributed by atoms with E-state index in [0.29, 0.717) is 23.5 Å². The molecule has 1 N–H and O–H groups in total. The van der Waals surface area contributed by atoms with Gasteiger partial charge in [-0.1, -0.05) is 23.8 Å². The van der Waals surface area contributed by atoms with Gasteiger partial charge in [0.05, 0.1) is 0 Å². The number of carbonyl (C=O) groups excluding carboxylic acids is 2. The van der Waals surface area contributed by atoms with Crippen LogP contribution >= 0.6 is 0 Å². The summed E-state index contributed by atoms with van der Waals surface area (Å²) in [4.78, 5) is 22.5. The summed E-state index contributed by atoms with van der Waals surface area (Å²) in [5.74, 6) is 0.233. The molecule has 2 aromatic rings. The maximum absolute atomic E-state index is 12.1. The van der Waals surface area contributed by atoms with Gasteiger partial charge in [-0.3, -0.25) is 9.59 Å². The number of aryl methyl sites for hydroxylation is 2. The van der Waals surface area contributed by atoms with E-state index in [2.05, 4.69) is 5.32 Å². The highest BCUT2D eigenvalue weighted by atomic mass is 16.5. The van der Waals surface area contributed by atoms with Crippen LogP contribution in [0.3, 0.4) is 0 Å². The summed E-state index contributed by atoms with van der Waals surface area (Å²) in [6.07, 6.45) is 0. The van der Waals surface area contributed by atoms with Crippen LogP contribution in [-0.2, 0) is 4.79 Å². The van der Waals surface area contributed by atoms with E-state index in [4.69, 9.17) is 4.74 Å². The Morgan fingerprint density at radius 2 is 1.95 bits per heavy atom. The van der Waals surface area contributed by atoms with Crippen molar-refractivity contribution in [2.24, 2.45) is 0 Å². The smallest absolute Gasteiger partial charge is 0.298 e. The normalized spacial score (nSPS) is 9.90. The van der Waals surface area contributed by atoms with Gasteiger partial charge in [0.2, 0.25) is 0 Å². The van der Waals surface area contributed by atoms with E-state index < -0.39 is 0 Å². The molecule has 102 valence electrons. The highest BCUT2D eigenvalue weighted by Gasteiger charge is 2.08. The first kappa shape index (κ1) is 13.8. The SMILES string of the molecule is Cc1cccc(C(=O)Nc2ccc(C)c(OC=O)c2)c1. The molecule has 20 heavy (non-hydrogen) atoms. The Morgan fingerprint density at radius 3 is 2.65 bits per heavy atom. The molecule has 0 aliphatic carbocycles. The third-order valence-corrected chi connectivity index (χ3v) is 2.90. The number of anilines is 1. The molecule has 0 saturated heterocycles. The van der Waals surface area contributed by atoms with Crippen molar-refractivity contribution < 1.29 is 14.3 Å². The van der Waals surface area contributed by atoms with Gasteiger partial charge < -0.3 is 10.1 Å². The zero-order valence-corrected chi connectivity index (χ0v) is 11.3. The first-order valence-electron chi connectivity index (χ1n) is 6.19. The number of benzene rings is 2. The summed E-state index contributed by atoms with van der Waals surface area (Å²) in [5, 5.41) is 2.78. The fourth-order valence-electron chi connectivity index (χ4n) is 1.85. The van der Waals surface area contributed by atoms with Crippen LogP contribution in [0.1, 0.15) is 21.5 Å². The maximum Gasteiger partial charge on any atom is 0.298 e. The predicted octanol–water partition coefficient (Wildman–Crippen LogP) is 3.09. The zero-order valence-electron chi connectivity index (χ0n) is 11.3. The number of rotatable bonds is 4. The Labute approximate surface area is 117 Å². The molecule has 0 saturated carbocycles. The summed E-state index contributed by atoms with van der Waals surface area (Å²) in [6.45, 7) is 4.12. The van der Waals surface area contributed by atoms with Crippen molar-refractivity contribution in [2.45, 2.75) is 13.8 Å².